The molecule has 2 amide bonds. The first-order chi connectivity index (χ1) is 19.5. The third kappa shape index (κ3) is 8.11. The third-order valence-electron chi connectivity index (χ3n) is 7.15. The van der Waals surface area contributed by atoms with E-state index in [0.29, 0.717) is 29.2 Å². The predicted molar refractivity (Wildman–Crippen MR) is 166 cm³/mol. The molecule has 220 valence electrons. The fraction of sp³-hybridized carbons (Fsp3) is 0.375. The Bertz CT molecular complexity index is 1460. The first kappa shape index (κ1) is 32.2. The Balaban J connectivity index is 2.09. The number of hydrogen-bond acceptors (Lipinski definition) is 4. The molecule has 0 radical (unpaired) electrons. The van der Waals surface area contributed by atoms with Crippen LogP contribution in [0, 0.1) is 20.8 Å². The smallest absolute Gasteiger partial charge is 0.264 e. The molecule has 1 N–H and O–H groups in total. The van der Waals surface area contributed by atoms with Crippen LogP contribution in [0.5, 0.6) is 0 Å². The average Bonchev–Trinajstić information content (AvgIpc) is 2.94. The van der Waals surface area contributed by atoms with Crippen LogP contribution in [0.3, 0.4) is 0 Å². The van der Waals surface area contributed by atoms with Crippen LogP contribution in [0.2, 0.25) is 5.02 Å². The lowest BCUT2D eigenvalue weighted by atomic mass is 10.1. The van der Waals surface area contributed by atoms with E-state index in [2.05, 4.69) is 5.32 Å². The summed E-state index contributed by atoms with van der Waals surface area (Å²) >= 11 is 6.31. The summed E-state index contributed by atoms with van der Waals surface area (Å²) in [5, 5.41) is 3.30. The number of nitrogens with one attached hydrogen (secondary N) is 1. The van der Waals surface area contributed by atoms with Crippen molar-refractivity contribution < 1.29 is 18.0 Å². The van der Waals surface area contributed by atoms with Gasteiger partial charge in [0.25, 0.3) is 10.0 Å². The topological polar surface area (TPSA) is 86.8 Å². The first-order valence-corrected chi connectivity index (χ1v) is 15.8. The highest BCUT2D eigenvalue weighted by Crippen LogP contribution is 2.30. The molecule has 0 aliphatic carbocycles. The van der Waals surface area contributed by atoms with Gasteiger partial charge in [-0.2, -0.15) is 0 Å². The van der Waals surface area contributed by atoms with Crippen LogP contribution in [-0.2, 0) is 26.2 Å². The van der Waals surface area contributed by atoms with Crippen LogP contribution in [0.4, 0.5) is 5.69 Å². The molecule has 3 aromatic carbocycles. The Kier molecular flexibility index (Phi) is 11.4. The van der Waals surface area contributed by atoms with Crippen LogP contribution in [0.15, 0.2) is 71.6 Å². The van der Waals surface area contributed by atoms with Gasteiger partial charge in [0, 0.05) is 18.1 Å². The second-order valence-electron chi connectivity index (χ2n) is 10.3. The summed E-state index contributed by atoms with van der Waals surface area (Å²) in [6.45, 7) is 9.66. The highest BCUT2D eigenvalue weighted by molar-refractivity contribution is 7.92. The normalized spacial score (nSPS) is 12.0. The zero-order chi connectivity index (χ0) is 30.2. The molecule has 0 spiro atoms. The van der Waals surface area contributed by atoms with Gasteiger partial charge in [-0.1, -0.05) is 79.9 Å². The number of rotatable bonds is 13. The Morgan fingerprint density at radius 2 is 1.61 bits per heavy atom. The molecule has 3 aromatic rings. The van der Waals surface area contributed by atoms with E-state index in [1.54, 1.807) is 37.3 Å². The van der Waals surface area contributed by atoms with Gasteiger partial charge in [-0.05, 0) is 74.6 Å². The van der Waals surface area contributed by atoms with Gasteiger partial charge in [0.15, 0.2) is 0 Å². The summed E-state index contributed by atoms with van der Waals surface area (Å²) in [6, 6.07) is 18.3. The molecule has 41 heavy (non-hydrogen) atoms. The Morgan fingerprint density at radius 1 is 0.927 bits per heavy atom. The number of sulfonamides is 1. The van der Waals surface area contributed by atoms with Crippen molar-refractivity contribution in [3.8, 4) is 0 Å². The van der Waals surface area contributed by atoms with Crippen LogP contribution >= 0.6 is 11.6 Å². The number of carbonyl (C=O) groups excluding carboxylic acids is 2. The summed E-state index contributed by atoms with van der Waals surface area (Å²) in [5.74, 6) is -0.740. The summed E-state index contributed by atoms with van der Waals surface area (Å²) in [7, 11) is -4.16. The van der Waals surface area contributed by atoms with Crippen molar-refractivity contribution >= 4 is 39.1 Å². The SMILES string of the molecule is CCCCNC(=O)[C@H](CC)N(Cc1ccccc1C)C(=O)CN(c1cc(Cl)ccc1C)S(=O)(=O)c1ccc(C)cc1. The van der Waals surface area contributed by atoms with Gasteiger partial charge in [0.1, 0.15) is 12.6 Å². The van der Waals surface area contributed by atoms with Gasteiger partial charge in [-0.15, -0.1) is 0 Å². The van der Waals surface area contributed by atoms with Crippen LogP contribution < -0.4 is 9.62 Å². The second-order valence-corrected chi connectivity index (χ2v) is 12.6. The van der Waals surface area contributed by atoms with Gasteiger partial charge >= 0.3 is 0 Å². The average molecular weight is 598 g/mol. The molecule has 0 aliphatic rings. The van der Waals surface area contributed by atoms with Gasteiger partial charge in [0.2, 0.25) is 11.8 Å². The lowest BCUT2D eigenvalue weighted by Gasteiger charge is -2.34. The van der Waals surface area contributed by atoms with Gasteiger partial charge in [-0.25, -0.2) is 8.42 Å². The van der Waals surface area contributed by atoms with E-state index in [0.717, 1.165) is 33.8 Å². The number of amides is 2. The fourth-order valence-electron chi connectivity index (χ4n) is 4.60. The van der Waals surface area contributed by atoms with Crippen molar-refractivity contribution in [3.05, 3.63) is 94.0 Å². The Labute approximate surface area is 249 Å². The fourth-order valence-corrected chi connectivity index (χ4v) is 6.24. The van der Waals surface area contributed by atoms with Crippen LogP contribution in [0.25, 0.3) is 0 Å². The van der Waals surface area contributed by atoms with Gasteiger partial charge in [-0.3, -0.25) is 13.9 Å². The van der Waals surface area contributed by atoms with Crippen molar-refractivity contribution in [2.45, 2.75) is 71.4 Å². The van der Waals surface area contributed by atoms with E-state index in [-0.39, 0.29) is 17.3 Å². The molecular formula is C32H40ClN3O4S. The number of nitrogens with zero attached hydrogens (tertiary/aromatic N) is 2. The molecule has 0 aromatic heterocycles. The third-order valence-corrected chi connectivity index (χ3v) is 9.15. The zero-order valence-corrected chi connectivity index (χ0v) is 26.1. The minimum Gasteiger partial charge on any atom is -0.354 e. The molecule has 1 atom stereocenters. The minimum atomic E-state index is -4.16. The molecule has 0 heterocycles. The molecule has 0 aliphatic heterocycles. The summed E-state index contributed by atoms with van der Waals surface area (Å²) < 4.78 is 29.2. The maximum absolute atomic E-state index is 14.2. The van der Waals surface area contributed by atoms with E-state index in [4.69, 9.17) is 11.6 Å². The van der Waals surface area contributed by atoms with E-state index >= 15 is 0 Å². The molecule has 9 heteroatoms. The maximum atomic E-state index is 14.2. The van der Waals surface area contributed by atoms with Crippen molar-refractivity contribution in [2.75, 3.05) is 17.4 Å². The van der Waals surface area contributed by atoms with Crippen molar-refractivity contribution in [1.29, 1.82) is 0 Å². The number of aryl methyl sites for hydroxylation is 3. The summed E-state index contributed by atoms with van der Waals surface area (Å²) in [6.07, 6.45) is 2.12. The quantitative estimate of drug-likeness (QED) is 0.238. The molecule has 0 saturated heterocycles. The first-order valence-electron chi connectivity index (χ1n) is 14.0. The van der Waals surface area contributed by atoms with Gasteiger partial charge < -0.3 is 10.2 Å². The monoisotopic (exact) mass is 597 g/mol. The molecular weight excluding hydrogens is 558 g/mol. The molecule has 0 fully saturated rings. The molecule has 7 nitrogen and oxygen atoms in total. The molecule has 0 saturated carbocycles. The number of benzene rings is 3. The van der Waals surface area contributed by atoms with E-state index in [1.807, 2.05) is 52.0 Å². The number of carbonyl (C=O) groups is 2. The predicted octanol–water partition coefficient (Wildman–Crippen LogP) is 6.18. The second kappa shape index (κ2) is 14.5. The molecule has 3 rings (SSSR count). The van der Waals surface area contributed by atoms with E-state index < -0.39 is 28.5 Å². The Morgan fingerprint density at radius 3 is 2.24 bits per heavy atom. The number of unbranched alkanes of at least 4 members (excludes halogenated alkanes) is 1. The number of hydrogen-bond donors (Lipinski definition) is 1. The standard InChI is InChI=1S/C32H40ClN3O4S/c1-6-8-19-34-32(38)29(7-2)35(21-26-12-10-9-11-24(26)4)31(37)22-36(30-20-27(33)16-15-25(30)5)41(39,40)28-17-13-23(3)14-18-28/h9-18,20,29H,6-8,19,21-22H2,1-5H3,(H,34,38)/t29-/m0/s1. The molecule has 0 bridgehead atoms. The van der Waals surface area contributed by atoms with Crippen molar-refractivity contribution in [3.63, 3.8) is 0 Å². The van der Waals surface area contributed by atoms with E-state index in [9.17, 15) is 18.0 Å². The lowest BCUT2D eigenvalue weighted by Crippen LogP contribution is -2.52. The maximum Gasteiger partial charge on any atom is 0.264 e. The highest BCUT2D eigenvalue weighted by atomic mass is 35.5. The lowest BCUT2D eigenvalue weighted by molar-refractivity contribution is -0.140. The summed E-state index contributed by atoms with van der Waals surface area (Å²) in [4.78, 5) is 29.1. The molecule has 0 unspecified atom stereocenters. The van der Waals surface area contributed by atoms with Crippen LogP contribution in [-0.4, -0.2) is 44.3 Å². The largest absolute Gasteiger partial charge is 0.354 e. The van der Waals surface area contributed by atoms with Crippen LogP contribution in [0.1, 0.15) is 55.4 Å². The zero-order valence-electron chi connectivity index (χ0n) is 24.5. The highest BCUT2D eigenvalue weighted by Gasteiger charge is 2.34. The van der Waals surface area contributed by atoms with Crippen molar-refractivity contribution in [2.24, 2.45) is 0 Å². The van der Waals surface area contributed by atoms with Crippen molar-refractivity contribution in [1.82, 2.24) is 10.2 Å². The summed E-state index contributed by atoms with van der Waals surface area (Å²) in [5.41, 5.74) is 3.72. The number of halogens is 1. The van der Waals surface area contributed by atoms with Gasteiger partial charge in [0.05, 0.1) is 10.6 Å². The van der Waals surface area contributed by atoms with E-state index in [1.165, 1.54) is 17.0 Å². The number of anilines is 1. The minimum absolute atomic E-state index is 0.0603. The Hall–Kier alpha value is -3.36.